The summed E-state index contributed by atoms with van der Waals surface area (Å²) in [5.74, 6) is 1.45. The number of ether oxygens (including phenoxy) is 2. The van der Waals surface area contributed by atoms with Crippen molar-refractivity contribution in [1.29, 1.82) is 0 Å². The van der Waals surface area contributed by atoms with Crippen LogP contribution in [0.25, 0.3) is 10.8 Å². The summed E-state index contributed by atoms with van der Waals surface area (Å²) < 4.78 is 11.3. The molecule has 112 valence electrons. The number of fused-ring (bicyclic) bond motifs is 1. The van der Waals surface area contributed by atoms with Crippen LogP contribution in [0.15, 0.2) is 60.7 Å². The second-order valence-corrected chi connectivity index (χ2v) is 5.00. The Bertz CT molecular complexity index is 787. The van der Waals surface area contributed by atoms with E-state index in [1.165, 1.54) is 5.39 Å². The monoisotopic (exact) mass is 294 g/mol. The smallest absolute Gasteiger partial charge is 0.142 e. The van der Waals surface area contributed by atoms with Crippen molar-refractivity contribution in [2.24, 2.45) is 0 Å². The van der Waals surface area contributed by atoms with Crippen molar-refractivity contribution in [2.45, 2.75) is 0 Å². The van der Waals surface area contributed by atoms with E-state index in [1.54, 1.807) is 18.2 Å². The predicted octanol–water partition coefficient (Wildman–Crippen LogP) is 3.46. The average Bonchev–Trinajstić information content (AvgIpc) is 2.53. The van der Waals surface area contributed by atoms with Crippen molar-refractivity contribution in [1.82, 2.24) is 0 Å². The van der Waals surface area contributed by atoms with Crippen molar-refractivity contribution >= 4 is 22.1 Å². The molecule has 0 aromatic heterocycles. The van der Waals surface area contributed by atoms with Crippen LogP contribution in [0.2, 0.25) is 0 Å². The molecule has 0 atom stereocenters. The van der Waals surface area contributed by atoms with Gasteiger partial charge in [0.25, 0.3) is 0 Å². The fourth-order valence-corrected chi connectivity index (χ4v) is 2.27. The van der Waals surface area contributed by atoms with Gasteiger partial charge >= 0.3 is 0 Å². The maximum absolute atomic E-state index is 5.83. The van der Waals surface area contributed by atoms with Gasteiger partial charge in [0.1, 0.15) is 24.7 Å². The van der Waals surface area contributed by atoms with Gasteiger partial charge in [0.15, 0.2) is 0 Å². The summed E-state index contributed by atoms with van der Waals surface area (Å²) in [6, 6.07) is 19.4. The third kappa shape index (κ3) is 3.23. The maximum atomic E-state index is 5.83. The third-order valence-corrected chi connectivity index (χ3v) is 3.36. The Morgan fingerprint density at radius 1 is 0.727 bits per heavy atom. The van der Waals surface area contributed by atoms with Gasteiger partial charge in [-0.2, -0.15) is 0 Å². The molecule has 0 heterocycles. The number of hydrogen-bond acceptors (Lipinski definition) is 4. The summed E-state index contributed by atoms with van der Waals surface area (Å²) in [5.41, 5.74) is 12.6. The van der Waals surface area contributed by atoms with Crippen molar-refractivity contribution in [3.63, 3.8) is 0 Å². The summed E-state index contributed by atoms with van der Waals surface area (Å²) >= 11 is 0. The third-order valence-electron chi connectivity index (χ3n) is 3.36. The molecule has 0 fully saturated rings. The second-order valence-electron chi connectivity index (χ2n) is 5.00. The zero-order valence-corrected chi connectivity index (χ0v) is 12.2. The van der Waals surface area contributed by atoms with Crippen molar-refractivity contribution < 1.29 is 9.47 Å². The molecule has 0 saturated heterocycles. The zero-order chi connectivity index (χ0) is 15.4. The van der Waals surface area contributed by atoms with Crippen molar-refractivity contribution in [3.8, 4) is 11.5 Å². The second kappa shape index (κ2) is 6.26. The fourth-order valence-electron chi connectivity index (χ4n) is 2.27. The minimum Gasteiger partial charge on any atom is -0.490 e. The number of anilines is 2. The largest absolute Gasteiger partial charge is 0.490 e. The van der Waals surface area contributed by atoms with Gasteiger partial charge in [-0.25, -0.2) is 0 Å². The Balaban J connectivity index is 1.55. The van der Waals surface area contributed by atoms with E-state index in [1.807, 2.05) is 30.3 Å². The lowest BCUT2D eigenvalue weighted by Gasteiger charge is -2.11. The van der Waals surface area contributed by atoms with Gasteiger partial charge < -0.3 is 20.9 Å². The highest BCUT2D eigenvalue weighted by molar-refractivity contribution is 5.83. The van der Waals surface area contributed by atoms with Gasteiger partial charge in [0.05, 0.1) is 5.69 Å². The molecule has 22 heavy (non-hydrogen) atoms. The summed E-state index contributed by atoms with van der Waals surface area (Å²) in [6.45, 7) is 0.864. The summed E-state index contributed by atoms with van der Waals surface area (Å²) in [5, 5.41) is 2.35. The molecular weight excluding hydrogens is 276 g/mol. The molecule has 0 aliphatic carbocycles. The molecule has 0 bridgehead atoms. The van der Waals surface area contributed by atoms with Crippen LogP contribution in [0, 0.1) is 0 Å². The van der Waals surface area contributed by atoms with E-state index in [4.69, 9.17) is 20.9 Å². The summed E-state index contributed by atoms with van der Waals surface area (Å²) in [6.07, 6.45) is 0. The van der Waals surface area contributed by atoms with Crippen molar-refractivity contribution in [2.75, 3.05) is 24.7 Å². The van der Waals surface area contributed by atoms with Gasteiger partial charge in [-0.05, 0) is 41.1 Å². The minimum absolute atomic E-state index is 0.418. The normalized spacial score (nSPS) is 10.5. The highest BCUT2D eigenvalue weighted by Gasteiger charge is 2.01. The summed E-state index contributed by atoms with van der Waals surface area (Å²) in [7, 11) is 0. The first-order valence-electron chi connectivity index (χ1n) is 7.12. The molecule has 0 unspecified atom stereocenters. The molecule has 0 aliphatic heterocycles. The van der Waals surface area contributed by atoms with E-state index in [2.05, 4.69) is 12.1 Å². The van der Waals surface area contributed by atoms with Crippen LogP contribution < -0.4 is 20.9 Å². The molecule has 0 aliphatic rings. The lowest BCUT2D eigenvalue weighted by Crippen LogP contribution is -2.10. The topological polar surface area (TPSA) is 70.5 Å². The van der Waals surface area contributed by atoms with Crippen LogP contribution in [0.1, 0.15) is 0 Å². The minimum atomic E-state index is 0.418. The van der Waals surface area contributed by atoms with Crippen LogP contribution in [-0.2, 0) is 0 Å². The number of hydrogen-bond donors (Lipinski definition) is 2. The van der Waals surface area contributed by atoms with E-state index >= 15 is 0 Å². The van der Waals surface area contributed by atoms with Gasteiger partial charge in [-0.15, -0.1) is 0 Å². The molecule has 0 amide bonds. The lowest BCUT2D eigenvalue weighted by atomic mass is 10.1. The molecule has 0 radical (unpaired) electrons. The Hall–Kier alpha value is -2.88. The Kier molecular flexibility index (Phi) is 4.01. The first kappa shape index (κ1) is 14.1. The van der Waals surface area contributed by atoms with Gasteiger partial charge in [0, 0.05) is 5.69 Å². The molecule has 0 spiro atoms. The fraction of sp³-hybridized carbons (Fsp3) is 0.111. The quantitative estimate of drug-likeness (QED) is 0.558. The molecule has 4 N–H and O–H groups in total. The molecule has 3 aromatic carbocycles. The van der Waals surface area contributed by atoms with Gasteiger partial charge in [-0.3, -0.25) is 0 Å². The van der Waals surface area contributed by atoms with E-state index in [9.17, 15) is 0 Å². The Morgan fingerprint density at radius 3 is 2.32 bits per heavy atom. The van der Waals surface area contributed by atoms with Crippen LogP contribution in [0.5, 0.6) is 11.5 Å². The maximum Gasteiger partial charge on any atom is 0.142 e. The standard InChI is InChI=1S/C18H18N2O2/c19-15-6-8-18(17(20)12-15)22-10-9-21-16-7-5-13-3-1-2-4-14(13)11-16/h1-8,11-12H,9-10,19-20H2. The highest BCUT2D eigenvalue weighted by atomic mass is 16.5. The van der Waals surface area contributed by atoms with E-state index in [0.29, 0.717) is 30.3 Å². The lowest BCUT2D eigenvalue weighted by molar-refractivity contribution is 0.218. The molecule has 3 aromatic rings. The Morgan fingerprint density at radius 2 is 1.50 bits per heavy atom. The van der Waals surface area contributed by atoms with E-state index < -0.39 is 0 Å². The molecule has 4 nitrogen and oxygen atoms in total. The molecule has 4 heteroatoms. The zero-order valence-electron chi connectivity index (χ0n) is 12.2. The average molecular weight is 294 g/mol. The highest BCUT2D eigenvalue weighted by Crippen LogP contribution is 2.24. The van der Waals surface area contributed by atoms with Crippen molar-refractivity contribution in [3.05, 3.63) is 60.7 Å². The van der Waals surface area contributed by atoms with Crippen LogP contribution >= 0.6 is 0 Å². The van der Waals surface area contributed by atoms with E-state index in [-0.39, 0.29) is 0 Å². The number of nitrogen functional groups attached to an aromatic ring is 2. The predicted molar refractivity (Wildman–Crippen MR) is 90.2 cm³/mol. The molecular formula is C18H18N2O2. The molecule has 0 saturated carbocycles. The number of rotatable bonds is 5. The van der Waals surface area contributed by atoms with Crippen LogP contribution in [0.4, 0.5) is 11.4 Å². The SMILES string of the molecule is Nc1ccc(OCCOc2ccc3ccccc3c2)c(N)c1. The van der Waals surface area contributed by atoms with Gasteiger partial charge in [-0.1, -0.05) is 30.3 Å². The van der Waals surface area contributed by atoms with Gasteiger partial charge in [0.2, 0.25) is 0 Å². The number of benzene rings is 3. The first-order valence-corrected chi connectivity index (χ1v) is 7.12. The first-order chi connectivity index (χ1) is 10.7. The van der Waals surface area contributed by atoms with Crippen LogP contribution in [-0.4, -0.2) is 13.2 Å². The molecule has 3 rings (SSSR count). The van der Waals surface area contributed by atoms with E-state index in [0.717, 1.165) is 11.1 Å². The summed E-state index contributed by atoms with van der Waals surface area (Å²) in [4.78, 5) is 0. The Labute approximate surface area is 129 Å². The van der Waals surface area contributed by atoms with Crippen LogP contribution in [0.3, 0.4) is 0 Å². The number of nitrogens with two attached hydrogens (primary N) is 2.